The molecule has 0 fully saturated rings. The van der Waals surface area contributed by atoms with Crippen LogP contribution in [0, 0.1) is 0 Å². The highest BCUT2D eigenvalue weighted by atomic mass is 79.9. The van der Waals surface area contributed by atoms with Crippen molar-refractivity contribution in [2.45, 2.75) is 32.5 Å². The summed E-state index contributed by atoms with van der Waals surface area (Å²) in [5.41, 5.74) is -1.29. The second-order valence-corrected chi connectivity index (χ2v) is 7.12. The number of hydrogen-bond donors (Lipinski definition) is 1. The van der Waals surface area contributed by atoms with Gasteiger partial charge in [-0.05, 0) is 37.3 Å². The van der Waals surface area contributed by atoms with Crippen LogP contribution in [-0.4, -0.2) is 25.5 Å². The molecule has 0 spiro atoms. The minimum Gasteiger partial charge on any atom is -0.471 e. The van der Waals surface area contributed by atoms with Crippen molar-refractivity contribution in [3.63, 3.8) is 0 Å². The first kappa shape index (κ1) is 21.8. The topological polar surface area (TPSA) is 74.0 Å². The van der Waals surface area contributed by atoms with E-state index in [1.54, 1.807) is 12.1 Å². The number of hydrogen-bond acceptors (Lipinski definition) is 4. The number of benzene rings is 1. The molecule has 1 amide bonds. The Morgan fingerprint density at radius 2 is 1.90 bits per heavy atom. The third kappa shape index (κ3) is 5.17. The Hall–Kier alpha value is -2.89. The third-order valence-electron chi connectivity index (χ3n) is 4.05. The second kappa shape index (κ2) is 9.28. The molecule has 0 saturated carbocycles. The van der Waals surface area contributed by atoms with E-state index in [2.05, 4.69) is 31.4 Å². The number of nitrogens with one attached hydrogen (secondary N) is 1. The summed E-state index contributed by atoms with van der Waals surface area (Å²) in [6, 6.07) is 6.49. The molecule has 0 radical (unpaired) electrons. The van der Waals surface area contributed by atoms with Gasteiger partial charge in [0.1, 0.15) is 23.2 Å². The van der Waals surface area contributed by atoms with Crippen LogP contribution in [0.4, 0.5) is 23.2 Å². The molecule has 3 aromatic rings. The van der Waals surface area contributed by atoms with Gasteiger partial charge in [0.25, 0.3) is 12.9 Å². The number of carbonyl (C=O) groups excluding carboxylic acids is 1. The van der Waals surface area contributed by atoms with Crippen LogP contribution in [0.5, 0.6) is 5.75 Å². The predicted molar refractivity (Wildman–Crippen MR) is 102 cm³/mol. The largest absolute Gasteiger partial charge is 0.471 e. The van der Waals surface area contributed by atoms with Crippen molar-refractivity contribution in [2.75, 3.05) is 5.32 Å². The summed E-state index contributed by atoms with van der Waals surface area (Å²) in [5.74, 6) is -0.102. The number of alkyl halides is 4. The van der Waals surface area contributed by atoms with Crippen molar-refractivity contribution >= 4 is 27.5 Å². The number of aromatic nitrogens is 4. The van der Waals surface area contributed by atoms with Gasteiger partial charge >= 0.3 is 0 Å². The SMILES string of the molecule is CC(C(=O)Nc1cnn(COc2ccc(Br)cc2)c1)n1nc(C(F)F)cc1C(F)F. The lowest BCUT2D eigenvalue weighted by Gasteiger charge is -2.14. The maximum absolute atomic E-state index is 13.1. The molecule has 2 heterocycles. The quantitative estimate of drug-likeness (QED) is 0.454. The van der Waals surface area contributed by atoms with Crippen LogP contribution in [0.1, 0.15) is 37.2 Å². The number of rotatable bonds is 8. The standard InChI is InChI=1S/C18H16BrF4N5O2/c1-10(28-15(17(22)23)6-14(26-28)16(20)21)18(29)25-12-7-24-27(8-12)9-30-13-4-2-11(19)3-5-13/h2-8,10,16-17H,9H2,1H3,(H,25,29). The van der Waals surface area contributed by atoms with E-state index >= 15 is 0 Å². The molecule has 0 saturated heterocycles. The van der Waals surface area contributed by atoms with E-state index in [1.165, 1.54) is 24.0 Å². The Morgan fingerprint density at radius 1 is 1.20 bits per heavy atom. The lowest BCUT2D eigenvalue weighted by atomic mass is 10.3. The van der Waals surface area contributed by atoms with Crippen molar-refractivity contribution in [2.24, 2.45) is 0 Å². The third-order valence-corrected chi connectivity index (χ3v) is 4.58. The van der Waals surface area contributed by atoms with E-state index in [-0.39, 0.29) is 12.4 Å². The molecule has 12 heteroatoms. The van der Waals surface area contributed by atoms with Gasteiger partial charge in [-0.2, -0.15) is 10.2 Å². The van der Waals surface area contributed by atoms with Crippen LogP contribution < -0.4 is 10.1 Å². The van der Waals surface area contributed by atoms with E-state index < -0.39 is 36.2 Å². The Labute approximate surface area is 176 Å². The highest BCUT2D eigenvalue weighted by Crippen LogP contribution is 2.27. The van der Waals surface area contributed by atoms with Crippen molar-refractivity contribution in [1.29, 1.82) is 0 Å². The van der Waals surface area contributed by atoms with E-state index in [9.17, 15) is 22.4 Å². The van der Waals surface area contributed by atoms with Crippen LogP contribution >= 0.6 is 15.9 Å². The number of ether oxygens (including phenoxy) is 1. The zero-order valence-corrected chi connectivity index (χ0v) is 17.1. The molecule has 1 N–H and O–H groups in total. The number of carbonyl (C=O) groups is 1. The molecule has 0 aliphatic rings. The van der Waals surface area contributed by atoms with Crippen molar-refractivity contribution in [1.82, 2.24) is 19.6 Å². The average molecular weight is 490 g/mol. The zero-order chi connectivity index (χ0) is 21.8. The van der Waals surface area contributed by atoms with Gasteiger partial charge in [0, 0.05) is 4.47 Å². The lowest BCUT2D eigenvalue weighted by molar-refractivity contribution is -0.119. The molecule has 0 aliphatic carbocycles. The molecule has 0 aliphatic heterocycles. The summed E-state index contributed by atoms with van der Waals surface area (Å²) >= 11 is 3.32. The molecular formula is C18H16BrF4N5O2. The van der Waals surface area contributed by atoms with Gasteiger partial charge in [-0.3, -0.25) is 9.48 Å². The fraction of sp³-hybridized carbons (Fsp3) is 0.278. The van der Waals surface area contributed by atoms with Gasteiger partial charge in [-0.1, -0.05) is 15.9 Å². The van der Waals surface area contributed by atoms with Crippen molar-refractivity contribution < 1.29 is 27.1 Å². The van der Waals surface area contributed by atoms with Crippen LogP contribution in [0.15, 0.2) is 47.2 Å². The molecule has 0 bridgehead atoms. The second-order valence-electron chi connectivity index (χ2n) is 6.20. The lowest BCUT2D eigenvalue weighted by Crippen LogP contribution is -2.26. The summed E-state index contributed by atoms with van der Waals surface area (Å²) in [7, 11) is 0. The Morgan fingerprint density at radius 3 is 2.53 bits per heavy atom. The van der Waals surface area contributed by atoms with Gasteiger partial charge in [-0.15, -0.1) is 0 Å². The molecular weight excluding hydrogens is 474 g/mol. The van der Waals surface area contributed by atoms with E-state index in [1.807, 2.05) is 12.1 Å². The molecule has 1 atom stereocenters. The molecule has 1 aromatic carbocycles. The summed E-state index contributed by atoms with van der Waals surface area (Å²) in [5, 5.41) is 9.98. The van der Waals surface area contributed by atoms with Gasteiger partial charge in [0.2, 0.25) is 5.91 Å². The Bertz CT molecular complexity index is 1010. The first-order valence-electron chi connectivity index (χ1n) is 8.62. The number of anilines is 1. The number of halogens is 5. The summed E-state index contributed by atoms with van der Waals surface area (Å²) in [6.07, 6.45) is -3.26. The smallest absolute Gasteiger partial charge is 0.282 e. The van der Waals surface area contributed by atoms with Gasteiger partial charge in [-0.25, -0.2) is 22.2 Å². The summed E-state index contributed by atoms with van der Waals surface area (Å²) in [4.78, 5) is 12.4. The van der Waals surface area contributed by atoms with E-state index in [4.69, 9.17) is 4.74 Å². The van der Waals surface area contributed by atoms with Gasteiger partial charge in [0.05, 0.1) is 18.1 Å². The first-order valence-corrected chi connectivity index (χ1v) is 9.41. The predicted octanol–water partition coefficient (Wildman–Crippen LogP) is 4.95. The van der Waals surface area contributed by atoms with E-state index in [0.717, 1.165) is 4.47 Å². The van der Waals surface area contributed by atoms with Crippen molar-refractivity contribution in [3.05, 3.63) is 58.6 Å². The number of nitrogens with zero attached hydrogens (tertiary/aromatic N) is 4. The maximum Gasteiger partial charge on any atom is 0.282 e. The molecule has 2 aromatic heterocycles. The van der Waals surface area contributed by atoms with Crippen LogP contribution in [0.25, 0.3) is 0 Å². The van der Waals surface area contributed by atoms with Crippen LogP contribution in [0.3, 0.4) is 0 Å². The fourth-order valence-electron chi connectivity index (χ4n) is 2.54. The van der Waals surface area contributed by atoms with Crippen LogP contribution in [0.2, 0.25) is 0 Å². The summed E-state index contributed by atoms with van der Waals surface area (Å²) < 4.78 is 60.4. The Kier molecular flexibility index (Phi) is 6.75. The molecule has 7 nitrogen and oxygen atoms in total. The normalized spacial score (nSPS) is 12.4. The van der Waals surface area contributed by atoms with Crippen LogP contribution in [-0.2, 0) is 11.5 Å². The monoisotopic (exact) mass is 489 g/mol. The van der Waals surface area contributed by atoms with Crippen molar-refractivity contribution in [3.8, 4) is 5.75 Å². The zero-order valence-electron chi connectivity index (χ0n) is 15.5. The highest BCUT2D eigenvalue weighted by molar-refractivity contribution is 9.10. The summed E-state index contributed by atoms with van der Waals surface area (Å²) in [6.45, 7) is 1.35. The highest BCUT2D eigenvalue weighted by Gasteiger charge is 2.27. The number of amides is 1. The molecule has 3 rings (SSSR count). The minimum absolute atomic E-state index is 0.0689. The maximum atomic E-state index is 13.1. The Balaban J connectivity index is 1.64. The molecule has 1 unspecified atom stereocenters. The molecule has 30 heavy (non-hydrogen) atoms. The molecule has 160 valence electrons. The van der Waals surface area contributed by atoms with Gasteiger partial charge < -0.3 is 10.1 Å². The minimum atomic E-state index is -3.06. The fourth-order valence-corrected chi connectivity index (χ4v) is 2.80. The average Bonchev–Trinajstić information content (AvgIpc) is 3.34. The van der Waals surface area contributed by atoms with E-state index in [0.29, 0.717) is 16.5 Å². The van der Waals surface area contributed by atoms with Gasteiger partial charge in [0.15, 0.2) is 6.73 Å². The first-order chi connectivity index (χ1) is 14.2.